The van der Waals surface area contributed by atoms with Crippen LogP contribution in [-0.4, -0.2) is 83.2 Å². The van der Waals surface area contributed by atoms with E-state index in [4.69, 9.17) is 4.74 Å². The van der Waals surface area contributed by atoms with E-state index in [1.165, 1.54) is 0 Å². The molecule has 224 valence electrons. The van der Waals surface area contributed by atoms with E-state index >= 15 is 0 Å². The van der Waals surface area contributed by atoms with Gasteiger partial charge in [-0.3, -0.25) is 14.4 Å². The first-order valence-electron chi connectivity index (χ1n) is 15.0. The molecule has 0 saturated carbocycles. The smallest absolute Gasteiger partial charge is 0.253 e. The summed E-state index contributed by atoms with van der Waals surface area (Å²) in [5.74, 6) is -1.97. The number of ether oxygens (including phenoxy) is 1. The largest absolute Gasteiger partial charge is 0.396 e. The molecular weight excluding hydrogens is 518 g/mol. The van der Waals surface area contributed by atoms with Crippen LogP contribution >= 0.6 is 0 Å². The van der Waals surface area contributed by atoms with Gasteiger partial charge in [0.15, 0.2) is 0 Å². The van der Waals surface area contributed by atoms with Crippen LogP contribution in [0, 0.1) is 31.6 Å². The number of fused-ring (bicyclic) bond motifs is 1. The Morgan fingerprint density at radius 1 is 1.10 bits per heavy atom. The van der Waals surface area contributed by atoms with Crippen LogP contribution in [-0.2, 0) is 19.1 Å². The van der Waals surface area contributed by atoms with E-state index in [1.54, 1.807) is 33.9 Å². The second-order valence-electron chi connectivity index (χ2n) is 12.4. The predicted molar refractivity (Wildman–Crippen MR) is 160 cm³/mol. The standard InChI is InChI=1S/C33H47N3O5/c1-8-17-34(7)29(38)25-26-30(39)36(19-12-10-11-13-20-37)28(33(26)21-24(5)32(25,6)41-33)31(40)35(18-9-2)27-22(3)15-14-16-23(27)4/h8-9,14-16,24-26,28,37H,1-2,10-13,17-21H2,3-7H3/t24?,25-,26-,28?,32+,33?/m0/s1. The number of anilines is 1. The van der Waals surface area contributed by atoms with E-state index in [0.717, 1.165) is 29.7 Å². The lowest BCUT2D eigenvalue weighted by Crippen LogP contribution is -2.57. The number of likely N-dealkylation sites (tertiary alicyclic amines) is 1. The predicted octanol–water partition coefficient (Wildman–Crippen LogP) is 4.03. The summed E-state index contributed by atoms with van der Waals surface area (Å²) in [4.78, 5) is 48.2. The van der Waals surface area contributed by atoms with Gasteiger partial charge in [0.05, 0.1) is 17.4 Å². The normalized spacial score (nSPS) is 29.9. The molecule has 8 heteroatoms. The average molecular weight is 566 g/mol. The summed E-state index contributed by atoms with van der Waals surface area (Å²) >= 11 is 0. The van der Waals surface area contributed by atoms with Crippen LogP contribution < -0.4 is 4.90 Å². The number of carbonyl (C=O) groups excluding carboxylic acids is 3. The minimum Gasteiger partial charge on any atom is -0.396 e. The van der Waals surface area contributed by atoms with Crippen molar-refractivity contribution in [3.63, 3.8) is 0 Å². The number of aliphatic hydroxyl groups is 1. The second kappa shape index (κ2) is 12.1. The number of hydrogen-bond donors (Lipinski definition) is 1. The fourth-order valence-electron chi connectivity index (χ4n) is 7.70. The Labute approximate surface area is 245 Å². The lowest BCUT2D eigenvalue weighted by atomic mass is 9.62. The molecule has 3 fully saturated rings. The third kappa shape index (κ3) is 5.03. The number of hydrogen-bond acceptors (Lipinski definition) is 5. The van der Waals surface area contributed by atoms with Crippen molar-refractivity contribution in [1.29, 1.82) is 0 Å². The lowest BCUT2D eigenvalue weighted by Gasteiger charge is -2.38. The zero-order valence-electron chi connectivity index (χ0n) is 25.4. The third-order valence-electron chi connectivity index (χ3n) is 9.69. The summed E-state index contributed by atoms with van der Waals surface area (Å²) in [6, 6.07) is 5.08. The molecule has 3 unspecified atom stereocenters. The van der Waals surface area contributed by atoms with E-state index in [2.05, 4.69) is 20.1 Å². The van der Waals surface area contributed by atoms with Gasteiger partial charge in [0.1, 0.15) is 11.6 Å². The fraction of sp³-hybridized carbons (Fsp3) is 0.606. The molecule has 3 aliphatic rings. The molecule has 1 aromatic rings. The van der Waals surface area contributed by atoms with Crippen molar-refractivity contribution in [1.82, 2.24) is 9.80 Å². The first-order valence-corrected chi connectivity index (χ1v) is 15.0. The summed E-state index contributed by atoms with van der Waals surface area (Å²) in [6.45, 7) is 16.9. The maximum Gasteiger partial charge on any atom is 0.253 e. The van der Waals surface area contributed by atoms with E-state index in [-0.39, 0.29) is 36.8 Å². The van der Waals surface area contributed by atoms with Crippen LogP contribution in [0.4, 0.5) is 5.69 Å². The van der Waals surface area contributed by atoms with Crippen LogP contribution in [0.3, 0.4) is 0 Å². The highest BCUT2D eigenvalue weighted by molar-refractivity contribution is 6.05. The molecule has 4 rings (SSSR count). The highest BCUT2D eigenvalue weighted by Crippen LogP contribution is 2.65. The Balaban J connectivity index is 1.81. The Hall–Kier alpha value is -2.97. The summed E-state index contributed by atoms with van der Waals surface area (Å²) in [7, 11) is 1.73. The van der Waals surface area contributed by atoms with Gasteiger partial charge in [-0.15, -0.1) is 13.2 Å². The highest BCUT2D eigenvalue weighted by Gasteiger charge is 2.80. The fourth-order valence-corrected chi connectivity index (χ4v) is 7.70. The Morgan fingerprint density at radius 3 is 2.34 bits per heavy atom. The van der Waals surface area contributed by atoms with Gasteiger partial charge in [-0.2, -0.15) is 0 Å². The topological polar surface area (TPSA) is 90.4 Å². The number of aryl methyl sites for hydroxylation is 2. The SMILES string of the molecule is C=CCN(C)C(=O)[C@@H]1[C@H]2C(=O)N(CCCCCCO)C(C(=O)N(CC=C)c3c(C)cccc3C)C23CC(C)[C@@]1(C)O3. The second-order valence-corrected chi connectivity index (χ2v) is 12.4. The van der Waals surface area contributed by atoms with Crippen molar-refractivity contribution < 1.29 is 24.2 Å². The molecule has 2 bridgehead atoms. The zero-order chi connectivity index (χ0) is 30.1. The van der Waals surface area contributed by atoms with Gasteiger partial charge >= 0.3 is 0 Å². The van der Waals surface area contributed by atoms with Crippen molar-refractivity contribution in [3.05, 3.63) is 54.6 Å². The minimum atomic E-state index is -1.10. The number of para-hydroxylation sites is 1. The van der Waals surface area contributed by atoms with Gasteiger partial charge in [0, 0.05) is 39.0 Å². The molecule has 1 spiro atoms. The van der Waals surface area contributed by atoms with Crippen LogP contribution in [0.1, 0.15) is 57.1 Å². The summed E-state index contributed by atoms with van der Waals surface area (Å²) in [5.41, 5.74) is 0.785. The Kier molecular flexibility index (Phi) is 9.14. The van der Waals surface area contributed by atoms with E-state index in [1.807, 2.05) is 39.0 Å². The first kappa shape index (κ1) is 31.0. The number of likely N-dealkylation sites (N-methyl/N-ethyl adjacent to an activating group) is 1. The molecule has 3 aliphatic heterocycles. The van der Waals surface area contributed by atoms with Gasteiger partial charge in [0.2, 0.25) is 11.8 Å². The molecule has 0 aromatic heterocycles. The molecular formula is C33H47N3O5. The molecule has 41 heavy (non-hydrogen) atoms. The number of benzene rings is 1. The highest BCUT2D eigenvalue weighted by atomic mass is 16.5. The van der Waals surface area contributed by atoms with Crippen molar-refractivity contribution >= 4 is 23.4 Å². The molecule has 3 heterocycles. The van der Waals surface area contributed by atoms with Gasteiger partial charge in [-0.25, -0.2) is 0 Å². The summed E-state index contributed by atoms with van der Waals surface area (Å²) < 4.78 is 6.91. The summed E-state index contributed by atoms with van der Waals surface area (Å²) in [5, 5.41) is 9.21. The number of carbonyl (C=O) groups is 3. The molecule has 1 N–H and O–H groups in total. The molecule has 3 amide bonds. The molecule has 0 aliphatic carbocycles. The Bertz CT molecular complexity index is 1180. The molecule has 6 atom stereocenters. The quantitative estimate of drug-likeness (QED) is 0.288. The number of nitrogens with zero attached hydrogens (tertiary/aromatic N) is 3. The molecule has 3 saturated heterocycles. The maximum absolute atomic E-state index is 14.8. The average Bonchev–Trinajstić information content (AvgIpc) is 3.43. The van der Waals surface area contributed by atoms with Crippen LogP contribution in [0.15, 0.2) is 43.5 Å². The molecule has 8 nitrogen and oxygen atoms in total. The number of unbranched alkanes of at least 4 members (excludes halogenated alkanes) is 3. The molecule has 1 aromatic carbocycles. The number of amides is 3. The van der Waals surface area contributed by atoms with Gasteiger partial charge in [-0.05, 0) is 57.1 Å². The summed E-state index contributed by atoms with van der Waals surface area (Å²) in [6.07, 6.45) is 6.99. The van der Waals surface area contributed by atoms with Crippen molar-refractivity contribution in [3.8, 4) is 0 Å². The zero-order valence-corrected chi connectivity index (χ0v) is 25.4. The van der Waals surface area contributed by atoms with Crippen molar-refractivity contribution in [2.75, 3.05) is 38.2 Å². The number of aliphatic hydroxyl groups excluding tert-OH is 1. The first-order chi connectivity index (χ1) is 19.5. The molecule has 0 radical (unpaired) electrons. The van der Waals surface area contributed by atoms with E-state index in [9.17, 15) is 19.5 Å². The van der Waals surface area contributed by atoms with Crippen molar-refractivity contribution in [2.45, 2.75) is 77.0 Å². The van der Waals surface area contributed by atoms with E-state index < -0.39 is 29.1 Å². The van der Waals surface area contributed by atoms with Gasteiger partial charge in [0.25, 0.3) is 5.91 Å². The van der Waals surface area contributed by atoms with Crippen LogP contribution in [0.25, 0.3) is 0 Å². The monoisotopic (exact) mass is 565 g/mol. The third-order valence-corrected chi connectivity index (χ3v) is 9.69. The van der Waals surface area contributed by atoms with Crippen molar-refractivity contribution in [2.24, 2.45) is 17.8 Å². The Morgan fingerprint density at radius 2 is 1.73 bits per heavy atom. The maximum atomic E-state index is 14.8. The van der Waals surface area contributed by atoms with Crippen LogP contribution in [0.2, 0.25) is 0 Å². The lowest BCUT2D eigenvalue weighted by molar-refractivity contribution is -0.150. The van der Waals surface area contributed by atoms with E-state index in [0.29, 0.717) is 32.4 Å². The number of rotatable bonds is 13. The van der Waals surface area contributed by atoms with Gasteiger partial charge in [-0.1, -0.05) is 50.1 Å². The van der Waals surface area contributed by atoms with Crippen LogP contribution in [0.5, 0.6) is 0 Å². The minimum absolute atomic E-state index is 0.0227. The van der Waals surface area contributed by atoms with Gasteiger partial charge < -0.3 is 24.5 Å².